The summed E-state index contributed by atoms with van der Waals surface area (Å²) in [5.74, 6) is 0. The van der Waals surface area contributed by atoms with Crippen LogP contribution in [0.1, 0.15) is 32.4 Å². The summed E-state index contributed by atoms with van der Waals surface area (Å²) in [5, 5.41) is 2.58. The van der Waals surface area contributed by atoms with Crippen LogP contribution in [0.5, 0.6) is 0 Å². The van der Waals surface area contributed by atoms with Crippen molar-refractivity contribution in [2.75, 3.05) is 0 Å². The smallest absolute Gasteiger partial charge is 0.408 e. The number of aromatic nitrogens is 1. The lowest BCUT2D eigenvalue weighted by Crippen LogP contribution is -2.35. The zero-order chi connectivity index (χ0) is 14.6. The van der Waals surface area contributed by atoms with E-state index in [-0.39, 0.29) is 5.15 Å². The Morgan fingerprint density at radius 2 is 2.21 bits per heavy atom. The van der Waals surface area contributed by atoms with E-state index in [4.69, 9.17) is 16.3 Å². The molecule has 19 heavy (non-hydrogen) atoms. The molecule has 1 unspecified atom stereocenters. The fourth-order valence-corrected chi connectivity index (χ4v) is 1.85. The van der Waals surface area contributed by atoms with E-state index in [1.807, 2.05) is 0 Å². The van der Waals surface area contributed by atoms with E-state index in [2.05, 4.69) is 26.2 Å². The first-order chi connectivity index (χ1) is 8.73. The molecule has 0 spiro atoms. The molecule has 1 aromatic rings. The van der Waals surface area contributed by atoms with Crippen LogP contribution < -0.4 is 5.32 Å². The van der Waals surface area contributed by atoms with Gasteiger partial charge >= 0.3 is 6.09 Å². The van der Waals surface area contributed by atoms with E-state index in [9.17, 15) is 9.59 Å². The van der Waals surface area contributed by atoms with Gasteiger partial charge in [0.2, 0.25) is 0 Å². The highest BCUT2D eigenvalue weighted by atomic mass is 79.9. The van der Waals surface area contributed by atoms with Gasteiger partial charge < -0.3 is 14.8 Å². The molecule has 0 aromatic carbocycles. The van der Waals surface area contributed by atoms with Crippen LogP contribution in [0, 0.1) is 0 Å². The number of rotatable bonds is 3. The molecule has 104 valence electrons. The molecule has 5 nitrogen and oxygen atoms in total. The number of alkyl carbamates (subject to hydrolysis) is 1. The normalized spacial score (nSPS) is 12.7. The van der Waals surface area contributed by atoms with Crippen LogP contribution in [0.25, 0.3) is 0 Å². The number of aldehydes is 1. The maximum Gasteiger partial charge on any atom is 0.408 e. The van der Waals surface area contributed by atoms with Crippen molar-refractivity contribution in [3.05, 3.63) is 27.5 Å². The summed E-state index contributed by atoms with van der Waals surface area (Å²) in [7, 11) is 0. The Morgan fingerprint density at radius 3 is 2.74 bits per heavy atom. The largest absolute Gasteiger partial charge is 0.444 e. The van der Waals surface area contributed by atoms with Crippen molar-refractivity contribution in [1.29, 1.82) is 0 Å². The predicted molar refractivity (Wildman–Crippen MR) is 75.1 cm³/mol. The summed E-state index contributed by atoms with van der Waals surface area (Å²) < 4.78 is 5.73. The summed E-state index contributed by atoms with van der Waals surface area (Å²) in [4.78, 5) is 26.6. The molecule has 0 fully saturated rings. The van der Waals surface area contributed by atoms with Gasteiger partial charge in [0, 0.05) is 16.2 Å². The van der Waals surface area contributed by atoms with Crippen molar-refractivity contribution in [3.63, 3.8) is 0 Å². The first-order valence-electron chi connectivity index (χ1n) is 5.48. The van der Waals surface area contributed by atoms with Crippen molar-refractivity contribution in [1.82, 2.24) is 10.3 Å². The Balaban J connectivity index is 2.87. The number of nitrogens with one attached hydrogen (secondary N) is 1. The van der Waals surface area contributed by atoms with Crippen LogP contribution in [0.3, 0.4) is 0 Å². The first-order valence-corrected chi connectivity index (χ1v) is 6.66. The van der Waals surface area contributed by atoms with Crippen molar-refractivity contribution >= 4 is 39.9 Å². The molecule has 0 aliphatic rings. The second-order valence-corrected chi connectivity index (χ2v) is 6.07. The van der Waals surface area contributed by atoms with E-state index in [1.165, 1.54) is 6.20 Å². The SMILES string of the molecule is CC(C)(C)OC(=O)NC(C=O)c1cc(Br)cnc1Cl. The van der Waals surface area contributed by atoms with Gasteiger partial charge in [0.1, 0.15) is 23.1 Å². The van der Waals surface area contributed by atoms with Crippen molar-refractivity contribution in [3.8, 4) is 0 Å². The molecular weight excluding hydrogens is 336 g/mol. The third kappa shape index (κ3) is 5.16. The number of pyridine rings is 1. The zero-order valence-electron chi connectivity index (χ0n) is 10.7. The minimum Gasteiger partial charge on any atom is -0.444 e. The lowest BCUT2D eigenvalue weighted by Gasteiger charge is -2.21. The third-order valence-corrected chi connectivity index (χ3v) is 2.73. The Kier molecular flexibility index (Phi) is 5.31. The number of halogens is 2. The fourth-order valence-electron chi connectivity index (χ4n) is 1.28. The highest BCUT2D eigenvalue weighted by Gasteiger charge is 2.22. The van der Waals surface area contributed by atoms with E-state index >= 15 is 0 Å². The highest BCUT2D eigenvalue weighted by Crippen LogP contribution is 2.23. The van der Waals surface area contributed by atoms with Gasteiger partial charge in [-0.2, -0.15) is 0 Å². The molecule has 1 N–H and O–H groups in total. The summed E-state index contributed by atoms with van der Waals surface area (Å²) in [6.07, 6.45) is 1.38. The van der Waals surface area contributed by atoms with Gasteiger partial charge in [0.15, 0.2) is 0 Å². The predicted octanol–water partition coefficient (Wildman–Crippen LogP) is 3.26. The average molecular weight is 350 g/mol. The van der Waals surface area contributed by atoms with Crippen molar-refractivity contribution in [2.24, 2.45) is 0 Å². The summed E-state index contributed by atoms with van der Waals surface area (Å²) >= 11 is 9.13. The molecular formula is C12H14BrClN2O3. The maximum atomic E-state index is 11.6. The number of carbonyl (C=O) groups excluding carboxylic acids is 2. The van der Waals surface area contributed by atoms with E-state index in [0.29, 0.717) is 16.3 Å². The van der Waals surface area contributed by atoms with Gasteiger partial charge in [-0.15, -0.1) is 0 Å². The molecule has 1 amide bonds. The molecule has 0 aliphatic heterocycles. The topological polar surface area (TPSA) is 68.3 Å². The minimum absolute atomic E-state index is 0.149. The van der Waals surface area contributed by atoms with Crippen molar-refractivity contribution in [2.45, 2.75) is 32.4 Å². The average Bonchev–Trinajstić information content (AvgIpc) is 2.27. The summed E-state index contributed by atoms with van der Waals surface area (Å²) in [5.41, 5.74) is -0.242. The number of hydrogen-bond acceptors (Lipinski definition) is 4. The molecule has 1 rings (SSSR count). The molecule has 1 aromatic heterocycles. The second kappa shape index (κ2) is 6.34. The maximum absolute atomic E-state index is 11.6. The van der Waals surface area contributed by atoms with Crippen LogP contribution in [-0.2, 0) is 9.53 Å². The van der Waals surface area contributed by atoms with Gasteiger partial charge in [-0.3, -0.25) is 0 Å². The second-order valence-electron chi connectivity index (χ2n) is 4.79. The van der Waals surface area contributed by atoms with Crippen LogP contribution in [-0.4, -0.2) is 23.0 Å². The van der Waals surface area contributed by atoms with Gasteiger partial charge in [-0.05, 0) is 42.8 Å². The highest BCUT2D eigenvalue weighted by molar-refractivity contribution is 9.10. The molecule has 1 atom stereocenters. The minimum atomic E-state index is -0.910. The van der Waals surface area contributed by atoms with Gasteiger partial charge in [0.05, 0.1) is 0 Å². The molecule has 1 heterocycles. The standard InChI is InChI=1S/C12H14BrClN2O3/c1-12(2,3)19-11(18)16-9(6-17)8-4-7(13)5-15-10(8)14/h4-6,9H,1-3H3,(H,16,18). The van der Waals surface area contributed by atoms with Gasteiger partial charge in [-0.25, -0.2) is 9.78 Å². The van der Waals surface area contributed by atoms with Gasteiger partial charge in [-0.1, -0.05) is 11.6 Å². The van der Waals surface area contributed by atoms with Crippen LogP contribution in [0.15, 0.2) is 16.7 Å². The zero-order valence-corrected chi connectivity index (χ0v) is 13.1. The number of nitrogens with zero attached hydrogens (tertiary/aromatic N) is 1. The lowest BCUT2D eigenvalue weighted by atomic mass is 10.1. The monoisotopic (exact) mass is 348 g/mol. The first kappa shape index (κ1) is 15.9. The Hall–Kier alpha value is -1.14. The van der Waals surface area contributed by atoms with Crippen LogP contribution in [0.4, 0.5) is 4.79 Å². The third-order valence-electron chi connectivity index (χ3n) is 1.98. The number of hydrogen-bond donors (Lipinski definition) is 1. The van der Waals surface area contributed by atoms with Crippen LogP contribution in [0.2, 0.25) is 5.15 Å². The van der Waals surface area contributed by atoms with Gasteiger partial charge in [0.25, 0.3) is 0 Å². The van der Waals surface area contributed by atoms with Crippen molar-refractivity contribution < 1.29 is 14.3 Å². The molecule has 0 aliphatic carbocycles. The molecule has 0 bridgehead atoms. The number of amides is 1. The lowest BCUT2D eigenvalue weighted by molar-refractivity contribution is -0.109. The Morgan fingerprint density at radius 1 is 1.58 bits per heavy atom. The number of ether oxygens (including phenoxy) is 1. The number of carbonyl (C=O) groups is 2. The Bertz CT molecular complexity index is 488. The van der Waals surface area contributed by atoms with E-state index in [1.54, 1.807) is 26.8 Å². The fraction of sp³-hybridized carbons (Fsp3) is 0.417. The van der Waals surface area contributed by atoms with E-state index in [0.717, 1.165) is 0 Å². The quantitative estimate of drug-likeness (QED) is 0.672. The molecule has 0 radical (unpaired) electrons. The molecule has 0 saturated heterocycles. The van der Waals surface area contributed by atoms with Crippen LogP contribution >= 0.6 is 27.5 Å². The molecule has 7 heteroatoms. The summed E-state index contributed by atoms with van der Waals surface area (Å²) in [6.45, 7) is 5.20. The molecule has 0 saturated carbocycles. The Labute approximate surface area is 124 Å². The summed E-state index contributed by atoms with van der Waals surface area (Å²) in [6, 6.07) is 0.707. The van der Waals surface area contributed by atoms with E-state index < -0.39 is 17.7 Å².